The summed E-state index contributed by atoms with van der Waals surface area (Å²) in [6.45, 7) is 0.920. The molecule has 3 saturated carbocycles. The molecule has 0 heterocycles. The van der Waals surface area contributed by atoms with E-state index in [1.165, 1.54) is 44.9 Å². The number of nitrogens with one attached hydrogen (secondary N) is 1. The third-order valence-electron chi connectivity index (χ3n) is 5.63. The highest BCUT2D eigenvalue weighted by Gasteiger charge is 2.43. The van der Waals surface area contributed by atoms with Gasteiger partial charge in [0.25, 0.3) is 0 Å². The Balaban J connectivity index is 1.47. The van der Waals surface area contributed by atoms with E-state index in [1.54, 1.807) is 0 Å². The summed E-state index contributed by atoms with van der Waals surface area (Å²) in [4.78, 5) is 12.3. The van der Waals surface area contributed by atoms with E-state index < -0.39 is 0 Å². The Kier molecular flexibility index (Phi) is 3.97. The minimum atomic E-state index is 0.354. The zero-order valence-corrected chi connectivity index (χ0v) is 12.6. The maximum atomic E-state index is 12.3. The lowest BCUT2D eigenvalue weighted by Gasteiger charge is -2.23. The SMILES string of the molecule is O=C(NCC1CCCC1CBr)C1CC2CCC1C2. The van der Waals surface area contributed by atoms with Gasteiger partial charge in [0.1, 0.15) is 0 Å². The first kappa shape index (κ1) is 13.0. The second-order valence-corrected chi connectivity index (χ2v) is 7.28. The van der Waals surface area contributed by atoms with Crippen LogP contribution in [0.25, 0.3) is 0 Å². The molecule has 3 aliphatic rings. The maximum Gasteiger partial charge on any atom is 0.223 e. The standard InChI is InChI=1S/C15H24BrNO/c16-8-12-2-1-3-13(12)9-17-15(18)14-7-10-4-5-11(14)6-10/h10-14H,1-9H2,(H,17,18). The van der Waals surface area contributed by atoms with Crippen LogP contribution in [0.3, 0.4) is 0 Å². The predicted molar refractivity (Wildman–Crippen MR) is 76.6 cm³/mol. The van der Waals surface area contributed by atoms with Crippen LogP contribution in [0.15, 0.2) is 0 Å². The van der Waals surface area contributed by atoms with Crippen LogP contribution >= 0.6 is 15.9 Å². The van der Waals surface area contributed by atoms with Crippen molar-refractivity contribution in [3.8, 4) is 0 Å². The van der Waals surface area contributed by atoms with Gasteiger partial charge in [0, 0.05) is 17.8 Å². The topological polar surface area (TPSA) is 29.1 Å². The van der Waals surface area contributed by atoms with Gasteiger partial charge >= 0.3 is 0 Å². The van der Waals surface area contributed by atoms with Gasteiger partial charge in [-0.2, -0.15) is 0 Å². The maximum absolute atomic E-state index is 12.3. The van der Waals surface area contributed by atoms with E-state index in [-0.39, 0.29) is 0 Å². The molecule has 2 bridgehead atoms. The van der Waals surface area contributed by atoms with Gasteiger partial charge in [-0.3, -0.25) is 4.79 Å². The van der Waals surface area contributed by atoms with E-state index in [4.69, 9.17) is 0 Å². The Morgan fingerprint density at radius 3 is 2.61 bits per heavy atom. The summed E-state index contributed by atoms with van der Waals surface area (Å²) in [6.07, 6.45) is 9.14. The van der Waals surface area contributed by atoms with Gasteiger partial charge < -0.3 is 5.32 Å². The van der Waals surface area contributed by atoms with Gasteiger partial charge in [-0.15, -0.1) is 0 Å². The molecule has 5 atom stereocenters. The van der Waals surface area contributed by atoms with Crippen molar-refractivity contribution >= 4 is 21.8 Å². The summed E-state index contributed by atoms with van der Waals surface area (Å²) in [6, 6.07) is 0. The zero-order valence-electron chi connectivity index (χ0n) is 11.0. The van der Waals surface area contributed by atoms with E-state index in [2.05, 4.69) is 21.2 Å². The highest BCUT2D eigenvalue weighted by molar-refractivity contribution is 9.09. The van der Waals surface area contributed by atoms with Crippen molar-refractivity contribution in [2.45, 2.75) is 44.9 Å². The van der Waals surface area contributed by atoms with Crippen LogP contribution in [0, 0.1) is 29.6 Å². The molecule has 0 spiro atoms. The van der Waals surface area contributed by atoms with Gasteiger partial charge in [0.2, 0.25) is 5.91 Å². The molecule has 0 radical (unpaired) electrons. The van der Waals surface area contributed by atoms with Crippen LogP contribution in [0.1, 0.15) is 44.9 Å². The van der Waals surface area contributed by atoms with Crippen molar-refractivity contribution in [1.29, 1.82) is 0 Å². The highest BCUT2D eigenvalue weighted by atomic mass is 79.9. The largest absolute Gasteiger partial charge is 0.356 e. The number of rotatable bonds is 4. The summed E-state index contributed by atoms with van der Waals surface area (Å²) in [5.41, 5.74) is 0. The molecule has 18 heavy (non-hydrogen) atoms. The van der Waals surface area contributed by atoms with Gasteiger partial charge in [0.05, 0.1) is 0 Å². The van der Waals surface area contributed by atoms with Crippen LogP contribution < -0.4 is 5.32 Å². The lowest BCUT2D eigenvalue weighted by atomic mass is 9.88. The van der Waals surface area contributed by atoms with Crippen molar-refractivity contribution in [1.82, 2.24) is 5.32 Å². The lowest BCUT2D eigenvalue weighted by molar-refractivity contribution is -0.126. The number of amides is 1. The predicted octanol–water partition coefficient (Wildman–Crippen LogP) is 3.35. The Labute approximate surface area is 118 Å². The molecule has 3 rings (SSSR count). The Bertz CT molecular complexity index is 320. The summed E-state index contributed by atoms with van der Waals surface area (Å²) in [5.74, 6) is 3.80. The average molecular weight is 314 g/mol. The summed E-state index contributed by atoms with van der Waals surface area (Å²) in [5, 5.41) is 4.35. The molecule has 0 aromatic heterocycles. The van der Waals surface area contributed by atoms with Gasteiger partial charge in [-0.25, -0.2) is 0 Å². The molecular weight excluding hydrogens is 290 g/mol. The number of hydrogen-bond donors (Lipinski definition) is 1. The lowest BCUT2D eigenvalue weighted by Crippen LogP contribution is -2.37. The summed E-state index contributed by atoms with van der Waals surface area (Å²) in [7, 11) is 0. The number of alkyl halides is 1. The normalized spacial score (nSPS) is 42.4. The summed E-state index contributed by atoms with van der Waals surface area (Å²) < 4.78 is 0. The van der Waals surface area contributed by atoms with Crippen molar-refractivity contribution in [2.24, 2.45) is 29.6 Å². The average Bonchev–Trinajstić information content (AvgIpc) is 3.10. The number of halogens is 1. The molecule has 2 nitrogen and oxygen atoms in total. The molecule has 0 aliphatic heterocycles. The zero-order chi connectivity index (χ0) is 12.5. The molecule has 3 heteroatoms. The van der Waals surface area contributed by atoms with Crippen LogP contribution in [0.2, 0.25) is 0 Å². The van der Waals surface area contributed by atoms with E-state index in [0.29, 0.717) is 23.7 Å². The first-order valence-corrected chi connectivity index (χ1v) is 8.73. The van der Waals surface area contributed by atoms with Crippen molar-refractivity contribution < 1.29 is 4.79 Å². The third kappa shape index (κ3) is 2.48. The summed E-state index contributed by atoms with van der Waals surface area (Å²) >= 11 is 3.60. The molecule has 102 valence electrons. The second-order valence-electron chi connectivity index (χ2n) is 6.63. The number of fused-ring (bicyclic) bond motifs is 2. The van der Waals surface area contributed by atoms with E-state index in [9.17, 15) is 4.79 Å². The van der Waals surface area contributed by atoms with E-state index in [1.807, 2.05) is 0 Å². The minimum Gasteiger partial charge on any atom is -0.356 e. The fourth-order valence-electron chi connectivity index (χ4n) is 4.51. The van der Waals surface area contributed by atoms with Gasteiger partial charge in [0.15, 0.2) is 0 Å². The van der Waals surface area contributed by atoms with Crippen molar-refractivity contribution in [3.63, 3.8) is 0 Å². The molecule has 3 aliphatic carbocycles. The third-order valence-corrected chi connectivity index (χ3v) is 6.46. The van der Waals surface area contributed by atoms with Crippen LogP contribution in [-0.4, -0.2) is 17.8 Å². The molecule has 1 N–H and O–H groups in total. The van der Waals surface area contributed by atoms with Crippen LogP contribution in [-0.2, 0) is 4.79 Å². The Hall–Kier alpha value is -0.0500. The van der Waals surface area contributed by atoms with Gasteiger partial charge in [-0.1, -0.05) is 28.8 Å². The quantitative estimate of drug-likeness (QED) is 0.792. The van der Waals surface area contributed by atoms with Crippen molar-refractivity contribution in [3.05, 3.63) is 0 Å². The molecule has 0 aromatic rings. The number of carbonyl (C=O) groups is 1. The number of hydrogen-bond acceptors (Lipinski definition) is 1. The molecular formula is C15H24BrNO. The second kappa shape index (κ2) is 5.52. The highest BCUT2D eigenvalue weighted by Crippen LogP contribution is 2.48. The molecule has 3 fully saturated rings. The van der Waals surface area contributed by atoms with Crippen LogP contribution in [0.5, 0.6) is 0 Å². The minimum absolute atomic E-state index is 0.354. The fraction of sp³-hybridized carbons (Fsp3) is 0.933. The monoisotopic (exact) mass is 313 g/mol. The number of carbonyl (C=O) groups excluding carboxylic acids is 1. The molecule has 5 unspecified atom stereocenters. The smallest absolute Gasteiger partial charge is 0.223 e. The Morgan fingerprint density at radius 1 is 1.11 bits per heavy atom. The Morgan fingerprint density at radius 2 is 1.94 bits per heavy atom. The fourth-order valence-corrected chi connectivity index (χ4v) is 5.37. The first-order valence-electron chi connectivity index (χ1n) is 7.61. The van der Waals surface area contributed by atoms with Crippen LogP contribution in [0.4, 0.5) is 0 Å². The van der Waals surface area contributed by atoms with E-state index in [0.717, 1.165) is 23.7 Å². The van der Waals surface area contributed by atoms with Crippen molar-refractivity contribution in [2.75, 3.05) is 11.9 Å². The van der Waals surface area contributed by atoms with Gasteiger partial charge in [-0.05, 0) is 55.8 Å². The molecule has 1 amide bonds. The first-order chi connectivity index (χ1) is 8.78. The molecule has 0 aromatic carbocycles. The molecule has 0 saturated heterocycles. The van der Waals surface area contributed by atoms with E-state index >= 15 is 0 Å².